The van der Waals surface area contributed by atoms with E-state index in [1.54, 1.807) is 20.5 Å². The Labute approximate surface area is 191 Å². The van der Waals surface area contributed by atoms with Crippen molar-refractivity contribution >= 4 is 11.6 Å². The Bertz CT molecular complexity index is 1340. The van der Waals surface area contributed by atoms with Crippen LogP contribution in [0.2, 0.25) is 0 Å². The Morgan fingerprint density at radius 1 is 0.848 bits per heavy atom. The van der Waals surface area contributed by atoms with Crippen LogP contribution in [-0.4, -0.2) is 29.0 Å². The fraction of sp³-hybridized carbons (Fsp3) is 0.154. The van der Waals surface area contributed by atoms with Crippen LogP contribution in [-0.2, 0) is 0 Å². The third-order valence-electron chi connectivity index (χ3n) is 6.17. The molecule has 3 aromatic carbocycles. The zero-order chi connectivity index (χ0) is 22.4. The number of para-hydroxylation sites is 1. The van der Waals surface area contributed by atoms with E-state index in [1.807, 2.05) is 59.3 Å². The van der Waals surface area contributed by atoms with Crippen LogP contribution >= 0.6 is 0 Å². The number of anilines is 1. The zero-order valence-corrected chi connectivity index (χ0v) is 18.2. The number of benzene rings is 3. The van der Waals surface area contributed by atoms with Crippen LogP contribution in [0.3, 0.4) is 0 Å². The maximum absolute atomic E-state index is 6.62. The molecule has 0 saturated carbocycles. The van der Waals surface area contributed by atoms with Gasteiger partial charge in [-0.15, -0.1) is 0 Å². The molecule has 0 saturated heterocycles. The number of fused-ring (bicyclic) bond motifs is 3. The average Bonchev–Trinajstić information content (AvgIpc) is 3.35. The van der Waals surface area contributed by atoms with E-state index in [1.165, 1.54) is 0 Å². The number of ether oxygens (including phenoxy) is 3. The second kappa shape index (κ2) is 7.70. The summed E-state index contributed by atoms with van der Waals surface area (Å²) in [7, 11) is 3.33. The summed E-state index contributed by atoms with van der Waals surface area (Å²) in [6.07, 6.45) is 1.25. The lowest BCUT2D eigenvalue weighted by Gasteiger charge is -2.39. The van der Waals surface area contributed by atoms with Gasteiger partial charge in [0.05, 0.1) is 19.9 Å². The number of methoxy groups -OCH3 is 2. The largest absolute Gasteiger partial charge is 0.497 e. The van der Waals surface area contributed by atoms with Gasteiger partial charge in [-0.25, -0.2) is 4.68 Å². The highest BCUT2D eigenvalue weighted by Crippen LogP contribution is 2.50. The molecule has 0 fully saturated rings. The molecule has 7 nitrogen and oxygen atoms in total. The fourth-order valence-electron chi connectivity index (χ4n) is 4.58. The molecule has 164 valence electrons. The number of hydrogen-bond donors (Lipinski definition) is 1. The number of rotatable bonds is 4. The van der Waals surface area contributed by atoms with Crippen molar-refractivity contribution in [3.63, 3.8) is 0 Å². The monoisotopic (exact) mass is 438 g/mol. The van der Waals surface area contributed by atoms with E-state index in [9.17, 15) is 0 Å². The van der Waals surface area contributed by atoms with E-state index < -0.39 is 0 Å². The topological polar surface area (TPSA) is 70.4 Å². The summed E-state index contributed by atoms with van der Waals surface area (Å²) in [5.41, 5.74) is 5.17. The summed E-state index contributed by atoms with van der Waals surface area (Å²) >= 11 is 0. The summed E-state index contributed by atoms with van der Waals surface area (Å²) in [5.74, 6) is 3.12. The van der Waals surface area contributed by atoms with Gasteiger partial charge in [0.2, 0.25) is 5.95 Å². The van der Waals surface area contributed by atoms with Crippen molar-refractivity contribution in [3.8, 4) is 17.2 Å². The van der Waals surface area contributed by atoms with Gasteiger partial charge >= 0.3 is 0 Å². The molecule has 0 radical (unpaired) electrons. The van der Waals surface area contributed by atoms with E-state index in [2.05, 4.69) is 33.6 Å². The minimum absolute atomic E-state index is 0.204. The standard InChI is InChI=1S/C26H22N4O3/c1-31-18-11-7-16(8-12-18)24-22-23(29-26-27-15-28-30(24)26)20-5-3-4-6-21(20)33-25(22)17-9-13-19(32-2)14-10-17/h3-15,24-25H,1-2H3,(H,27,28,29)/t24-,25+/m1/s1. The van der Waals surface area contributed by atoms with Gasteiger partial charge in [-0.2, -0.15) is 10.1 Å². The number of aromatic nitrogens is 3. The molecule has 1 N–H and O–H groups in total. The van der Waals surface area contributed by atoms with Crippen LogP contribution in [0.25, 0.3) is 5.70 Å². The van der Waals surface area contributed by atoms with Gasteiger partial charge in [-0.05, 0) is 47.5 Å². The van der Waals surface area contributed by atoms with Crippen molar-refractivity contribution in [2.24, 2.45) is 0 Å². The average molecular weight is 438 g/mol. The van der Waals surface area contributed by atoms with E-state index in [0.29, 0.717) is 5.95 Å². The molecule has 4 aromatic rings. The molecule has 0 spiro atoms. The SMILES string of the molecule is COc1ccc([C@@H]2Oc3ccccc3C3=C2[C@@H](c2ccc(OC)cc2)n2ncnc2N3)cc1. The minimum Gasteiger partial charge on any atom is -0.497 e. The molecule has 2 atom stereocenters. The van der Waals surface area contributed by atoms with Crippen LogP contribution < -0.4 is 19.5 Å². The minimum atomic E-state index is -0.322. The predicted octanol–water partition coefficient (Wildman–Crippen LogP) is 4.86. The van der Waals surface area contributed by atoms with Gasteiger partial charge in [0.1, 0.15) is 35.7 Å². The molecule has 1 aromatic heterocycles. The van der Waals surface area contributed by atoms with E-state index >= 15 is 0 Å². The lowest BCUT2D eigenvalue weighted by Crippen LogP contribution is -2.32. The van der Waals surface area contributed by atoms with Crippen molar-refractivity contribution in [3.05, 3.63) is 101 Å². The van der Waals surface area contributed by atoms with E-state index in [0.717, 1.165) is 45.2 Å². The molecule has 2 aliphatic rings. The zero-order valence-electron chi connectivity index (χ0n) is 18.2. The highest BCUT2D eigenvalue weighted by Gasteiger charge is 2.40. The molecule has 7 heteroatoms. The molecular weight excluding hydrogens is 416 g/mol. The smallest absolute Gasteiger partial charge is 0.226 e. The van der Waals surface area contributed by atoms with E-state index in [4.69, 9.17) is 14.2 Å². The summed E-state index contributed by atoms with van der Waals surface area (Å²) in [6.45, 7) is 0. The van der Waals surface area contributed by atoms with Gasteiger partial charge in [0.25, 0.3) is 0 Å². The lowest BCUT2D eigenvalue weighted by molar-refractivity contribution is 0.223. The van der Waals surface area contributed by atoms with Crippen LogP contribution in [0.4, 0.5) is 5.95 Å². The third-order valence-corrected chi connectivity index (χ3v) is 6.17. The molecular formula is C26H22N4O3. The van der Waals surface area contributed by atoms with Crippen molar-refractivity contribution in [1.82, 2.24) is 14.8 Å². The predicted molar refractivity (Wildman–Crippen MR) is 125 cm³/mol. The Hall–Kier alpha value is -4.26. The third kappa shape index (κ3) is 3.12. The lowest BCUT2D eigenvalue weighted by atomic mass is 9.84. The summed E-state index contributed by atoms with van der Waals surface area (Å²) < 4.78 is 19.3. The van der Waals surface area contributed by atoms with E-state index in [-0.39, 0.29) is 12.1 Å². The van der Waals surface area contributed by atoms with Crippen molar-refractivity contribution in [2.75, 3.05) is 19.5 Å². The second-order valence-electron chi connectivity index (χ2n) is 7.93. The molecule has 2 aliphatic heterocycles. The first kappa shape index (κ1) is 19.4. The van der Waals surface area contributed by atoms with Crippen LogP contribution in [0.1, 0.15) is 28.8 Å². The molecule has 0 unspecified atom stereocenters. The molecule has 3 heterocycles. The number of nitrogens with one attached hydrogen (secondary N) is 1. The highest BCUT2D eigenvalue weighted by atomic mass is 16.5. The van der Waals surface area contributed by atoms with Crippen molar-refractivity contribution in [2.45, 2.75) is 12.1 Å². The number of nitrogens with zero attached hydrogens (tertiary/aromatic N) is 3. The molecule has 33 heavy (non-hydrogen) atoms. The van der Waals surface area contributed by atoms with Gasteiger partial charge < -0.3 is 19.5 Å². The Morgan fingerprint density at radius 2 is 1.52 bits per heavy atom. The quantitative estimate of drug-likeness (QED) is 0.491. The maximum atomic E-state index is 6.62. The number of hydrogen-bond acceptors (Lipinski definition) is 6. The van der Waals surface area contributed by atoms with Gasteiger partial charge in [0.15, 0.2) is 0 Å². The molecule has 0 amide bonds. The van der Waals surface area contributed by atoms with Crippen LogP contribution in [0, 0.1) is 0 Å². The summed E-state index contributed by atoms with van der Waals surface area (Å²) in [5, 5.41) is 8.08. The maximum Gasteiger partial charge on any atom is 0.226 e. The fourth-order valence-corrected chi connectivity index (χ4v) is 4.58. The molecule has 6 rings (SSSR count). The van der Waals surface area contributed by atoms with Crippen molar-refractivity contribution < 1.29 is 14.2 Å². The Kier molecular flexibility index (Phi) is 4.54. The van der Waals surface area contributed by atoms with Crippen LogP contribution in [0.5, 0.6) is 17.2 Å². The first-order valence-electron chi connectivity index (χ1n) is 10.7. The highest BCUT2D eigenvalue weighted by molar-refractivity contribution is 5.85. The van der Waals surface area contributed by atoms with Gasteiger partial charge in [-0.3, -0.25) is 0 Å². The normalized spacial score (nSPS) is 18.4. The second-order valence-corrected chi connectivity index (χ2v) is 7.93. The Balaban J connectivity index is 1.58. The van der Waals surface area contributed by atoms with Gasteiger partial charge in [0, 0.05) is 11.1 Å². The first-order chi connectivity index (χ1) is 16.3. The van der Waals surface area contributed by atoms with Gasteiger partial charge in [-0.1, -0.05) is 36.4 Å². The summed E-state index contributed by atoms with van der Waals surface area (Å²) in [6, 6.07) is 23.9. The Morgan fingerprint density at radius 3 is 2.21 bits per heavy atom. The molecule has 0 bridgehead atoms. The van der Waals surface area contributed by atoms with Crippen LogP contribution in [0.15, 0.2) is 84.7 Å². The first-order valence-corrected chi connectivity index (χ1v) is 10.7. The molecule has 0 aliphatic carbocycles. The summed E-state index contributed by atoms with van der Waals surface area (Å²) in [4.78, 5) is 4.48. The van der Waals surface area contributed by atoms with Crippen molar-refractivity contribution in [1.29, 1.82) is 0 Å².